The van der Waals surface area contributed by atoms with Gasteiger partial charge in [0.05, 0.1) is 11.0 Å². The number of piperidine rings is 1. The van der Waals surface area contributed by atoms with Crippen LogP contribution in [0.15, 0.2) is 24.3 Å². The van der Waals surface area contributed by atoms with Gasteiger partial charge in [0.1, 0.15) is 5.82 Å². The van der Waals surface area contributed by atoms with E-state index in [1.165, 1.54) is 0 Å². The first-order valence-corrected chi connectivity index (χ1v) is 9.19. The molecular formula is C20H27N3O3. The molecule has 6 nitrogen and oxygen atoms in total. The maximum absolute atomic E-state index is 12.7. The molecule has 1 aliphatic heterocycles. The van der Waals surface area contributed by atoms with Gasteiger partial charge in [0.2, 0.25) is 5.91 Å². The number of hydrogen-bond donors (Lipinski definition) is 2. The van der Waals surface area contributed by atoms with Crippen molar-refractivity contribution in [3.63, 3.8) is 0 Å². The molecule has 0 saturated carbocycles. The summed E-state index contributed by atoms with van der Waals surface area (Å²) in [5.74, 6) is 0.356. The van der Waals surface area contributed by atoms with Crippen molar-refractivity contribution in [1.82, 2.24) is 14.9 Å². The zero-order valence-electron chi connectivity index (χ0n) is 15.7. The van der Waals surface area contributed by atoms with Crippen LogP contribution >= 0.6 is 0 Å². The lowest BCUT2D eigenvalue weighted by molar-refractivity contribution is -0.143. The molecule has 1 amide bonds. The number of carboxylic acid groups (broad SMARTS) is 1. The second-order valence-electron chi connectivity index (χ2n) is 8.31. The molecule has 0 radical (unpaired) electrons. The number of fused-ring (bicyclic) bond motifs is 1. The first kappa shape index (κ1) is 18.4. The maximum Gasteiger partial charge on any atom is 0.303 e. The van der Waals surface area contributed by atoms with Crippen molar-refractivity contribution in [3.05, 3.63) is 30.1 Å². The van der Waals surface area contributed by atoms with Crippen LogP contribution in [0.2, 0.25) is 0 Å². The molecule has 1 saturated heterocycles. The number of carboxylic acids is 1. The van der Waals surface area contributed by atoms with E-state index >= 15 is 0 Å². The summed E-state index contributed by atoms with van der Waals surface area (Å²) in [6.07, 6.45) is 1.52. The highest BCUT2D eigenvalue weighted by Crippen LogP contribution is 2.31. The molecule has 6 heteroatoms. The van der Waals surface area contributed by atoms with Crippen molar-refractivity contribution in [2.45, 2.75) is 40.0 Å². The molecule has 140 valence electrons. The smallest absolute Gasteiger partial charge is 0.303 e. The van der Waals surface area contributed by atoms with E-state index in [1.807, 2.05) is 49.9 Å². The van der Waals surface area contributed by atoms with Gasteiger partial charge in [0.15, 0.2) is 0 Å². The molecule has 1 fully saturated rings. The minimum Gasteiger partial charge on any atom is -0.481 e. The quantitative estimate of drug-likeness (QED) is 0.880. The Morgan fingerprint density at radius 3 is 2.65 bits per heavy atom. The molecule has 0 bridgehead atoms. The van der Waals surface area contributed by atoms with Crippen molar-refractivity contribution in [3.8, 4) is 0 Å². The average Bonchev–Trinajstić information content (AvgIpc) is 2.96. The van der Waals surface area contributed by atoms with Gasteiger partial charge in [-0.15, -0.1) is 0 Å². The predicted octanol–water partition coefficient (Wildman–Crippen LogP) is 3.09. The van der Waals surface area contributed by atoms with Crippen LogP contribution in [-0.4, -0.2) is 44.9 Å². The molecule has 2 atom stereocenters. The largest absolute Gasteiger partial charge is 0.481 e. The van der Waals surface area contributed by atoms with E-state index in [-0.39, 0.29) is 24.2 Å². The first-order chi connectivity index (χ1) is 12.2. The van der Waals surface area contributed by atoms with E-state index in [1.54, 1.807) is 0 Å². The fourth-order valence-electron chi connectivity index (χ4n) is 3.81. The van der Waals surface area contributed by atoms with Gasteiger partial charge in [0.25, 0.3) is 0 Å². The van der Waals surface area contributed by atoms with Gasteiger partial charge in [-0.2, -0.15) is 0 Å². The number of aliphatic carboxylic acids is 1. The Kier molecular flexibility index (Phi) is 5.03. The van der Waals surface area contributed by atoms with E-state index in [9.17, 15) is 14.7 Å². The number of aromatic amines is 1. The Balaban J connectivity index is 1.80. The van der Waals surface area contributed by atoms with Crippen LogP contribution in [0.4, 0.5) is 0 Å². The van der Waals surface area contributed by atoms with Crippen molar-refractivity contribution >= 4 is 22.9 Å². The number of hydrogen-bond acceptors (Lipinski definition) is 3. The summed E-state index contributed by atoms with van der Waals surface area (Å²) in [5.41, 5.74) is 1.47. The summed E-state index contributed by atoms with van der Waals surface area (Å²) in [6.45, 7) is 6.99. The second-order valence-corrected chi connectivity index (χ2v) is 8.31. The fourth-order valence-corrected chi connectivity index (χ4v) is 3.81. The first-order valence-electron chi connectivity index (χ1n) is 9.19. The molecule has 0 spiro atoms. The molecule has 2 aromatic rings. The van der Waals surface area contributed by atoms with Crippen LogP contribution in [0.25, 0.3) is 11.0 Å². The van der Waals surface area contributed by atoms with Crippen LogP contribution in [-0.2, 0) is 16.0 Å². The van der Waals surface area contributed by atoms with E-state index < -0.39 is 11.4 Å². The molecule has 1 aliphatic rings. The lowest BCUT2D eigenvalue weighted by Gasteiger charge is -2.40. The van der Waals surface area contributed by atoms with Gasteiger partial charge in [-0.1, -0.05) is 32.9 Å². The minimum absolute atomic E-state index is 0.0599. The number of rotatable bonds is 4. The lowest BCUT2D eigenvalue weighted by atomic mass is 9.80. The third-order valence-electron chi connectivity index (χ3n) is 5.15. The molecular weight excluding hydrogens is 330 g/mol. The van der Waals surface area contributed by atoms with Gasteiger partial charge >= 0.3 is 5.97 Å². The van der Waals surface area contributed by atoms with E-state index in [0.717, 1.165) is 23.3 Å². The SMILES string of the molecule is CC(C)(C)C(=O)N1CCC(CC(=O)O)C(Cc2nc3ccccc3[nH]2)C1. The summed E-state index contributed by atoms with van der Waals surface area (Å²) in [6, 6.07) is 7.85. The van der Waals surface area contributed by atoms with Gasteiger partial charge < -0.3 is 15.0 Å². The summed E-state index contributed by atoms with van der Waals surface area (Å²) < 4.78 is 0. The Bertz CT molecular complexity index is 773. The molecule has 3 rings (SSSR count). The van der Waals surface area contributed by atoms with Gasteiger partial charge in [-0.3, -0.25) is 9.59 Å². The highest BCUT2D eigenvalue weighted by atomic mass is 16.4. The molecule has 0 aliphatic carbocycles. The Hall–Kier alpha value is -2.37. The van der Waals surface area contributed by atoms with Gasteiger partial charge in [-0.05, 0) is 30.4 Å². The number of carbonyl (C=O) groups excluding carboxylic acids is 1. The number of nitrogens with zero attached hydrogens (tertiary/aromatic N) is 2. The number of nitrogens with one attached hydrogen (secondary N) is 1. The number of imidazole rings is 1. The summed E-state index contributed by atoms with van der Waals surface area (Å²) in [5, 5.41) is 9.26. The predicted molar refractivity (Wildman–Crippen MR) is 99.7 cm³/mol. The van der Waals surface area contributed by atoms with Crippen molar-refractivity contribution in [2.75, 3.05) is 13.1 Å². The second kappa shape index (κ2) is 7.09. The number of para-hydroxylation sites is 2. The molecule has 26 heavy (non-hydrogen) atoms. The average molecular weight is 357 g/mol. The summed E-state index contributed by atoms with van der Waals surface area (Å²) in [7, 11) is 0. The highest BCUT2D eigenvalue weighted by Gasteiger charge is 2.36. The molecule has 2 N–H and O–H groups in total. The third kappa shape index (κ3) is 4.06. The minimum atomic E-state index is -0.778. The van der Waals surface area contributed by atoms with E-state index in [4.69, 9.17) is 0 Å². The number of amides is 1. The van der Waals surface area contributed by atoms with Crippen molar-refractivity contribution in [1.29, 1.82) is 0 Å². The van der Waals surface area contributed by atoms with E-state index in [0.29, 0.717) is 19.5 Å². The number of likely N-dealkylation sites (tertiary alicyclic amines) is 1. The topological polar surface area (TPSA) is 86.3 Å². The number of benzene rings is 1. The fraction of sp³-hybridized carbons (Fsp3) is 0.550. The van der Waals surface area contributed by atoms with Gasteiger partial charge in [-0.25, -0.2) is 4.98 Å². The zero-order chi connectivity index (χ0) is 18.9. The molecule has 2 unspecified atom stereocenters. The van der Waals surface area contributed by atoms with Crippen LogP contribution in [0.5, 0.6) is 0 Å². The number of aromatic nitrogens is 2. The zero-order valence-corrected chi connectivity index (χ0v) is 15.7. The normalized spacial score (nSPS) is 21.1. The monoisotopic (exact) mass is 357 g/mol. The van der Waals surface area contributed by atoms with Crippen LogP contribution < -0.4 is 0 Å². The number of carbonyl (C=O) groups is 2. The van der Waals surface area contributed by atoms with E-state index in [2.05, 4.69) is 9.97 Å². The Morgan fingerprint density at radius 2 is 2.00 bits per heavy atom. The Labute approximate surface area is 153 Å². The summed E-state index contributed by atoms with van der Waals surface area (Å²) in [4.78, 5) is 33.8. The highest BCUT2D eigenvalue weighted by molar-refractivity contribution is 5.81. The number of H-pyrrole nitrogens is 1. The molecule has 1 aromatic heterocycles. The Morgan fingerprint density at radius 1 is 1.27 bits per heavy atom. The van der Waals surface area contributed by atoms with Crippen molar-refractivity contribution in [2.24, 2.45) is 17.3 Å². The molecule has 1 aromatic carbocycles. The van der Waals surface area contributed by atoms with Crippen LogP contribution in [0, 0.1) is 17.3 Å². The summed E-state index contributed by atoms with van der Waals surface area (Å²) >= 11 is 0. The lowest BCUT2D eigenvalue weighted by Crippen LogP contribution is -2.48. The molecule has 2 heterocycles. The maximum atomic E-state index is 12.7. The van der Waals surface area contributed by atoms with Crippen LogP contribution in [0.3, 0.4) is 0 Å². The standard InChI is InChI=1S/C20H27N3O3/c1-20(2,3)19(26)23-9-8-13(11-18(24)25)14(12-23)10-17-21-15-6-4-5-7-16(15)22-17/h4-7,13-14H,8-12H2,1-3H3,(H,21,22)(H,24,25). The van der Waals surface area contributed by atoms with Gasteiger partial charge in [0, 0.05) is 31.3 Å². The van der Waals surface area contributed by atoms with Crippen molar-refractivity contribution < 1.29 is 14.7 Å². The van der Waals surface area contributed by atoms with Crippen LogP contribution in [0.1, 0.15) is 39.4 Å². The third-order valence-corrected chi connectivity index (χ3v) is 5.15.